The summed E-state index contributed by atoms with van der Waals surface area (Å²) in [6.07, 6.45) is -3.61. The number of hydrogen-bond donors (Lipinski definition) is 3. The van der Waals surface area contributed by atoms with Gasteiger partial charge in [0.2, 0.25) is 10.0 Å². The maximum Gasteiger partial charge on any atom is 0.401 e. The molecule has 0 saturated carbocycles. The Labute approximate surface area is 154 Å². The second-order valence-electron chi connectivity index (χ2n) is 5.81. The summed E-state index contributed by atoms with van der Waals surface area (Å²) in [5.41, 5.74) is 0. The molecule has 1 aromatic rings. The molecule has 1 aliphatic heterocycles. The minimum absolute atomic E-state index is 0.133. The molecular formula is C14H22F3N5O2S2. The van der Waals surface area contributed by atoms with E-state index in [4.69, 9.17) is 0 Å². The standard InChI is InChI=1S/C14H22F3N5O2S2/c1-18-13(21-11-4-7-22(9-11)10-14(15,16)17)19-5-6-20-26(23,24)12-3-2-8-25-12/h2-3,8,11,20H,4-7,9-10H2,1H3,(H2,18,19,21). The first-order valence-electron chi connectivity index (χ1n) is 7.99. The number of halogens is 3. The normalized spacial score (nSPS) is 19.7. The average molecular weight is 413 g/mol. The van der Waals surface area contributed by atoms with E-state index in [1.165, 1.54) is 11.0 Å². The fourth-order valence-corrected chi connectivity index (χ4v) is 4.66. The zero-order valence-electron chi connectivity index (χ0n) is 14.2. The van der Waals surface area contributed by atoms with Crippen LogP contribution < -0.4 is 15.4 Å². The Morgan fingerprint density at radius 1 is 1.42 bits per heavy atom. The van der Waals surface area contributed by atoms with E-state index in [9.17, 15) is 21.6 Å². The number of alkyl halides is 3. The summed E-state index contributed by atoms with van der Waals surface area (Å²) in [6, 6.07) is 3.05. The number of thiophene rings is 1. The van der Waals surface area contributed by atoms with E-state index < -0.39 is 22.7 Å². The van der Waals surface area contributed by atoms with Crippen molar-refractivity contribution in [2.75, 3.05) is 39.8 Å². The summed E-state index contributed by atoms with van der Waals surface area (Å²) < 4.78 is 63.9. The smallest absolute Gasteiger partial charge is 0.355 e. The van der Waals surface area contributed by atoms with E-state index in [0.29, 0.717) is 25.5 Å². The Kier molecular flexibility index (Phi) is 7.26. The lowest BCUT2D eigenvalue weighted by Gasteiger charge is -2.19. The van der Waals surface area contributed by atoms with Crippen LogP contribution in [0.4, 0.5) is 13.2 Å². The van der Waals surface area contributed by atoms with Crippen molar-refractivity contribution in [2.45, 2.75) is 22.8 Å². The van der Waals surface area contributed by atoms with Gasteiger partial charge >= 0.3 is 6.18 Å². The zero-order valence-corrected chi connectivity index (χ0v) is 15.8. The molecule has 1 saturated heterocycles. The highest BCUT2D eigenvalue weighted by molar-refractivity contribution is 7.91. The molecule has 0 bridgehead atoms. The minimum atomic E-state index is -4.20. The van der Waals surface area contributed by atoms with Gasteiger partial charge in [-0.25, -0.2) is 13.1 Å². The number of likely N-dealkylation sites (tertiary alicyclic amines) is 1. The van der Waals surface area contributed by atoms with Crippen LogP contribution in [0.2, 0.25) is 0 Å². The van der Waals surface area contributed by atoms with Crippen molar-refractivity contribution in [1.29, 1.82) is 0 Å². The highest BCUT2D eigenvalue weighted by Gasteiger charge is 2.34. The van der Waals surface area contributed by atoms with Crippen LogP contribution in [0.15, 0.2) is 26.7 Å². The number of sulfonamides is 1. The van der Waals surface area contributed by atoms with Crippen LogP contribution in [0.5, 0.6) is 0 Å². The van der Waals surface area contributed by atoms with Gasteiger partial charge in [-0.1, -0.05) is 6.07 Å². The summed E-state index contributed by atoms with van der Waals surface area (Å²) in [6.45, 7) is 0.191. The van der Waals surface area contributed by atoms with Crippen LogP contribution in [0.25, 0.3) is 0 Å². The maximum absolute atomic E-state index is 12.4. The quantitative estimate of drug-likeness (QED) is 0.350. The minimum Gasteiger partial charge on any atom is -0.355 e. The van der Waals surface area contributed by atoms with Crippen molar-refractivity contribution in [2.24, 2.45) is 4.99 Å². The molecule has 0 amide bonds. The largest absolute Gasteiger partial charge is 0.401 e. The maximum atomic E-state index is 12.4. The molecule has 1 atom stereocenters. The SMILES string of the molecule is CN=C(NCCNS(=O)(=O)c1cccs1)NC1CCN(CC(F)(F)F)C1. The molecule has 2 rings (SSSR count). The third kappa shape index (κ3) is 6.74. The van der Waals surface area contributed by atoms with E-state index in [-0.39, 0.29) is 23.3 Å². The number of guanidine groups is 1. The van der Waals surface area contributed by atoms with Crippen molar-refractivity contribution in [3.05, 3.63) is 17.5 Å². The first kappa shape index (κ1) is 20.9. The van der Waals surface area contributed by atoms with Crippen LogP contribution in [0.3, 0.4) is 0 Å². The summed E-state index contributed by atoms with van der Waals surface area (Å²) in [7, 11) is -1.96. The van der Waals surface area contributed by atoms with Gasteiger partial charge in [-0.3, -0.25) is 9.89 Å². The molecule has 1 aromatic heterocycles. The molecule has 0 aromatic carbocycles. The summed E-state index contributed by atoms with van der Waals surface area (Å²) in [5.74, 6) is 0.430. The van der Waals surface area contributed by atoms with Crippen molar-refractivity contribution in [3.8, 4) is 0 Å². The summed E-state index contributed by atoms with van der Waals surface area (Å²) in [5, 5.41) is 7.70. The van der Waals surface area contributed by atoms with Crippen molar-refractivity contribution in [3.63, 3.8) is 0 Å². The fraction of sp³-hybridized carbons (Fsp3) is 0.643. The lowest BCUT2D eigenvalue weighted by Crippen LogP contribution is -2.46. The lowest BCUT2D eigenvalue weighted by atomic mass is 10.3. The third-order valence-electron chi connectivity index (χ3n) is 3.71. The fourth-order valence-electron chi connectivity index (χ4n) is 2.59. The van der Waals surface area contributed by atoms with Crippen molar-refractivity contribution < 1.29 is 21.6 Å². The van der Waals surface area contributed by atoms with Crippen LogP contribution in [0, 0.1) is 0 Å². The lowest BCUT2D eigenvalue weighted by molar-refractivity contribution is -0.143. The topological polar surface area (TPSA) is 85.8 Å². The molecule has 3 N–H and O–H groups in total. The number of aliphatic imine (C=N–C) groups is 1. The van der Waals surface area contributed by atoms with E-state index in [1.807, 2.05) is 0 Å². The molecule has 0 aliphatic carbocycles. The monoisotopic (exact) mass is 413 g/mol. The Bertz CT molecular complexity index is 692. The number of hydrogen-bond acceptors (Lipinski definition) is 5. The summed E-state index contributed by atoms with van der Waals surface area (Å²) >= 11 is 1.13. The van der Waals surface area contributed by atoms with Gasteiger partial charge in [-0.05, 0) is 17.9 Å². The molecule has 0 radical (unpaired) electrons. The molecule has 2 heterocycles. The first-order valence-corrected chi connectivity index (χ1v) is 10.4. The Morgan fingerprint density at radius 3 is 2.81 bits per heavy atom. The van der Waals surface area contributed by atoms with Gasteiger partial charge < -0.3 is 10.6 Å². The first-order chi connectivity index (χ1) is 12.2. The number of nitrogens with one attached hydrogen (secondary N) is 3. The molecule has 148 valence electrons. The Morgan fingerprint density at radius 2 is 2.19 bits per heavy atom. The van der Waals surface area contributed by atoms with Gasteiger partial charge in [-0.2, -0.15) is 13.2 Å². The predicted molar refractivity (Wildman–Crippen MR) is 94.9 cm³/mol. The van der Waals surface area contributed by atoms with Gasteiger partial charge in [-0.15, -0.1) is 11.3 Å². The molecule has 7 nitrogen and oxygen atoms in total. The van der Waals surface area contributed by atoms with Gasteiger partial charge in [0.15, 0.2) is 5.96 Å². The highest BCUT2D eigenvalue weighted by atomic mass is 32.2. The molecule has 26 heavy (non-hydrogen) atoms. The van der Waals surface area contributed by atoms with Crippen LogP contribution in [0.1, 0.15) is 6.42 Å². The van der Waals surface area contributed by atoms with E-state index in [1.54, 1.807) is 18.5 Å². The molecular weight excluding hydrogens is 391 g/mol. The molecule has 12 heteroatoms. The number of nitrogens with zero attached hydrogens (tertiary/aromatic N) is 2. The molecule has 1 fully saturated rings. The Balaban J connectivity index is 1.70. The molecule has 1 aliphatic rings. The number of rotatable bonds is 7. The van der Waals surface area contributed by atoms with Crippen molar-refractivity contribution in [1.82, 2.24) is 20.3 Å². The third-order valence-corrected chi connectivity index (χ3v) is 6.57. The van der Waals surface area contributed by atoms with Crippen LogP contribution in [-0.2, 0) is 10.0 Å². The van der Waals surface area contributed by atoms with Gasteiger partial charge in [0.05, 0.1) is 6.54 Å². The van der Waals surface area contributed by atoms with Crippen molar-refractivity contribution >= 4 is 27.3 Å². The van der Waals surface area contributed by atoms with Gasteiger partial charge in [0.25, 0.3) is 0 Å². The zero-order chi connectivity index (χ0) is 19.2. The van der Waals surface area contributed by atoms with E-state index in [2.05, 4.69) is 20.3 Å². The average Bonchev–Trinajstić information content (AvgIpc) is 3.21. The van der Waals surface area contributed by atoms with Crippen LogP contribution in [-0.4, -0.2) is 71.3 Å². The Hall–Kier alpha value is -1.37. The second kappa shape index (κ2) is 9.02. The summed E-state index contributed by atoms with van der Waals surface area (Å²) in [4.78, 5) is 5.36. The highest BCUT2D eigenvalue weighted by Crippen LogP contribution is 2.19. The van der Waals surface area contributed by atoms with Gasteiger partial charge in [0.1, 0.15) is 4.21 Å². The molecule has 1 unspecified atom stereocenters. The van der Waals surface area contributed by atoms with Gasteiger partial charge in [0, 0.05) is 39.3 Å². The van der Waals surface area contributed by atoms with Crippen LogP contribution >= 0.6 is 11.3 Å². The predicted octanol–water partition coefficient (Wildman–Crippen LogP) is 0.828. The molecule has 0 spiro atoms. The van der Waals surface area contributed by atoms with E-state index >= 15 is 0 Å². The second-order valence-corrected chi connectivity index (χ2v) is 8.75. The van der Waals surface area contributed by atoms with E-state index in [0.717, 1.165) is 11.3 Å².